The van der Waals surface area contributed by atoms with Crippen molar-refractivity contribution >= 4 is 5.69 Å². The summed E-state index contributed by atoms with van der Waals surface area (Å²) < 4.78 is 0. The molecule has 78 valence electrons. The van der Waals surface area contributed by atoms with E-state index in [2.05, 4.69) is 41.5 Å². The third-order valence-electron chi connectivity index (χ3n) is 2.42. The van der Waals surface area contributed by atoms with E-state index in [1.54, 1.807) is 0 Å². The summed E-state index contributed by atoms with van der Waals surface area (Å²) in [5, 5.41) is 0. The van der Waals surface area contributed by atoms with Crippen LogP contribution >= 0.6 is 0 Å². The summed E-state index contributed by atoms with van der Waals surface area (Å²) in [6, 6.07) is 8.70. The number of nitrogens with one attached hydrogen (secondary N) is 1. The number of anilines is 1. The first-order valence-electron chi connectivity index (χ1n) is 4.92. The van der Waals surface area contributed by atoms with Crippen LogP contribution in [0.5, 0.6) is 0 Å². The van der Waals surface area contributed by atoms with Crippen molar-refractivity contribution in [1.82, 2.24) is 5.43 Å². The first-order chi connectivity index (χ1) is 6.69. The smallest absolute Gasteiger partial charge is 0.0457 e. The Morgan fingerprint density at radius 2 is 1.86 bits per heavy atom. The van der Waals surface area contributed by atoms with Gasteiger partial charge in [0.05, 0.1) is 0 Å². The molecule has 0 aliphatic rings. The molecule has 3 nitrogen and oxygen atoms in total. The molecule has 0 fully saturated rings. The number of nitrogens with two attached hydrogens (primary N) is 1. The summed E-state index contributed by atoms with van der Waals surface area (Å²) in [4.78, 5) is 2.08. The summed E-state index contributed by atoms with van der Waals surface area (Å²) in [7, 11) is 4.07. The van der Waals surface area contributed by atoms with E-state index in [4.69, 9.17) is 5.84 Å². The summed E-state index contributed by atoms with van der Waals surface area (Å²) in [6.07, 6.45) is 0.998. The molecule has 0 aliphatic carbocycles. The van der Waals surface area contributed by atoms with Crippen molar-refractivity contribution in [3.05, 3.63) is 29.8 Å². The molecule has 0 amide bonds. The molecule has 1 rings (SSSR count). The topological polar surface area (TPSA) is 41.3 Å². The minimum absolute atomic E-state index is 0.256. The number of rotatable bonds is 4. The van der Waals surface area contributed by atoms with Crippen LogP contribution in [0.3, 0.4) is 0 Å². The zero-order chi connectivity index (χ0) is 10.6. The van der Waals surface area contributed by atoms with Gasteiger partial charge >= 0.3 is 0 Å². The largest absolute Gasteiger partial charge is 0.378 e. The highest BCUT2D eigenvalue weighted by molar-refractivity contribution is 5.46. The molecule has 0 aromatic heterocycles. The lowest BCUT2D eigenvalue weighted by molar-refractivity contribution is 0.539. The predicted molar refractivity (Wildman–Crippen MR) is 61.1 cm³/mol. The van der Waals surface area contributed by atoms with Gasteiger partial charge in [0.2, 0.25) is 0 Å². The molecule has 1 aromatic carbocycles. The molecular formula is C11H19N3. The number of hydrogen-bond acceptors (Lipinski definition) is 3. The predicted octanol–water partition coefficient (Wildman–Crippen LogP) is 1.67. The summed E-state index contributed by atoms with van der Waals surface area (Å²) in [5.41, 5.74) is 5.25. The van der Waals surface area contributed by atoms with Gasteiger partial charge in [0, 0.05) is 25.8 Å². The van der Waals surface area contributed by atoms with Gasteiger partial charge in [-0.25, -0.2) is 0 Å². The van der Waals surface area contributed by atoms with E-state index >= 15 is 0 Å². The highest BCUT2D eigenvalue weighted by Crippen LogP contribution is 2.19. The monoisotopic (exact) mass is 193 g/mol. The van der Waals surface area contributed by atoms with Gasteiger partial charge in [-0.3, -0.25) is 11.3 Å². The molecule has 0 aliphatic heterocycles. The maximum atomic E-state index is 5.45. The Kier molecular flexibility index (Phi) is 3.92. The SMILES string of the molecule is CCC(NN)c1ccc(N(C)C)cc1. The number of nitrogens with zero attached hydrogens (tertiary/aromatic N) is 1. The summed E-state index contributed by atoms with van der Waals surface area (Å²) in [5.74, 6) is 5.45. The fourth-order valence-corrected chi connectivity index (χ4v) is 1.45. The molecule has 0 bridgehead atoms. The standard InChI is InChI=1S/C11H19N3/c1-4-11(13-12)9-5-7-10(8-6-9)14(2)3/h5-8,11,13H,4,12H2,1-3H3. The molecule has 14 heavy (non-hydrogen) atoms. The van der Waals surface area contributed by atoms with Crippen LogP contribution in [0.25, 0.3) is 0 Å². The fraction of sp³-hybridized carbons (Fsp3) is 0.455. The Morgan fingerprint density at radius 3 is 2.21 bits per heavy atom. The van der Waals surface area contributed by atoms with Gasteiger partial charge in [-0.1, -0.05) is 19.1 Å². The molecule has 1 atom stereocenters. The van der Waals surface area contributed by atoms with E-state index in [-0.39, 0.29) is 6.04 Å². The van der Waals surface area contributed by atoms with Crippen LogP contribution < -0.4 is 16.2 Å². The lowest BCUT2D eigenvalue weighted by Crippen LogP contribution is -2.27. The molecule has 3 N–H and O–H groups in total. The molecule has 0 spiro atoms. The van der Waals surface area contributed by atoms with Crippen LogP contribution in [-0.4, -0.2) is 14.1 Å². The van der Waals surface area contributed by atoms with Crippen molar-refractivity contribution in [2.75, 3.05) is 19.0 Å². The second kappa shape index (κ2) is 4.98. The zero-order valence-corrected chi connectivity index (χ0v) is 9.12. The van der Waals surface area contributed by atoms with Crippen molar-refractivity contribution in [3.8, 4) is 0 Å². The molecule has 0 radical (unpaired) electrons. The third-order valence-corrected chi connectivity index (χ3v) is 2.42. The van der Waals surface area contributed by atoms with Crippen LogP contribution in [-0.2, 0) is 0 Å². The highest BCUT2D eigenvalue weighted by atomic mass is 15.2. The first kappa shape index (κ1) is 11.0. The Bertz CT molecular complexity index is 262. The molecular weight excluding hydrogens is 174 g/mol. The molecule has 0 saturated carbocycles. The molecule has 0 saturated heterocycles. The number of hydrogen-bond donors (Lipinski definition) is 2. The maximum Gasteiger partial charge on any atom is 0.0457 e. The van der Waals surface area contributed by atoms with E-state index in [1.165, 1.54) is 11.3 Å². The Labute approximate surface area is 85.9 Å². The van der Waals surface area contributed by atoms with Crippen LogP contribution in [0.4, 0.5) is 5.69 Å². The van der Waals surface area contributed by atoms with Gasteiger partial charge in [-0.2, -0.15) is 0 Å². The molecule has 0 heterocycles. The van der Waals surface area contributed by atoms with E-state index in [0.29, 0.717) is 0 Å². The van der Waals surface area contributed by atoms with Crippen molar-refractivity contribution in [2.24, 2.45) is 5.84 Å². The maximum absolute atomic E-state index is 5.45. The van der Waals surface area contributed by atoms with Gasteiger partial charge in [0.15, 0.2) is 0 Å². The summed E-state index contributed by atoms with van der Waals surface area (Å²) >= 11 is 0. The third kappa shape index (κ3) is 2.47. The first-order valence-corrected chi connectivity index (χ1v) is 4.92. The average Bonchev–Trinajstić information content (AvgIpc) is 2.20. The van der Waals surface area contributed by atoms with Gasteiger partial charge in [-0.15, -0.1) is 0 Å². The van der Waals surface area contributed by atoms with Crippen molar-refractivity contribution in [3.63, 3.8) is 0 Å². The van der Waals surface area contributed by atoms with Gasteiger partial charge in [-0.05, 0) is 24.1 Å². The van der Waals surface area contributed by atoms with E-state index in [1.807, 2.05) is 14.1 Å². The fourth-order valence-electron chi connectivity index (χ4n) is 1.45. The lowest BCUT2D eigenvalue weighted by atomic mass is 10.0. The minimum atomic E-state index is 0.256. The lowest BCUT2D eigenvalue weighted by Gasteiger charge is -2.16. The van der Waals surface area contributed by atoms with Crippen LogP contribution in [0.1, 0.15) is 24.9 Å². The molecule has 1 aromatic rings. The molecule has 1 unspecified atom stereocenters. The van der Waals surface area contributed by atoms with Crippen molar-refractivity contribution in [1.29, 1.82) is 0 Å². The Hall–Kier alpha value is -1.06. The van der Waals surface area contributed by atoms with Crippen LogP contribution in [0, 0.1) is 0 Å². The average molecular weight is 193 g/mol. The van der Waals surface area contributed by atoms with Crippen molar-refractivity contribution < 1.29 is 0 Å². The second-order valence-corrected chi connectivity index (χ2v) is 3.61. The van der Waals surface area contributed by atoms with Crippen molar-refractivity contribution in [2.45, 2.75) is 19.4 Å². The number of benzene rings is 1. The highest BCUT2D eigenvalue weighted by Gasteiger charge is 2.06. The van der Waals surface area contributed by atoms with E-state index < -0.39 is 0 Å². The van der Waals surface area contributed by atoms with Gasteiger partial charge < -0.3 is 4.90 Å². The zero-order valence-electron chi connectivity index (χ0n) is 9.12. The summed E-state index contributed by atoms with van der Waals surface area (Å²) in [6.45, 7) is 2.12. The van der Waals surface area contributed by atoms with Gasteiger partial charge in [0.25, 0.3) is 0 Å². The normalized spacial score (nSPS) is 12.6. The van der Waals surface area contributed by atoms with Crippen LogP contribution in [0.2, 0.25) is 0 Å². The quantitative estimate of drug-likeness (QED) is 0.564. The minimum Gasteiger partial charge on any atom is -0.378 e. The van der Waals surface area contributed by atoms with Crippen LogP contribution in [0.15, 0.2) is 24.3 Å². The second-order valence-electron chi connectivity index (χ2n) is 3.61. The molecule has 3 heteroatoms. The Balaban J connectivity index is 2.81. The van der Waals surface area contributed by atoms with Gasteiger partial charge in [0.1, 0.15) is 0 Å². The van der Waals surface area contributed by atoms with E-state index in [0.717, 1.165) is 6.42 Å². The Morgan fingerprint density at radius 1 is 1.29 bits per heavy atom. The van der Waals surface area contributed by atoms with E-state index in [9.17, 15) is 0 Å². The number of hydrazine groups is 1.